The van der Waals surface area contributed by atoms with E-state index >= 15 is 0 Å². The maximum atomic E-state index is 12.4. The molecule has 0 radical (unpaired) electrons. The Kier molecular flexibility index (Phi) is 6.77. The standard InChI is InChI=1S/C21H21N7O5/c1-10(19(30)31)8-14(20(32)33)26-18(29)12-5-2-11(3-6-12)4-7-13-9-24-17-15(25-13)16(22)27-21(23)28-17/h2-3,5-6,9,14H,1,4,7-8H2,(H,26,29)(H,30,31)(H,32,33)(H4,22,23,24,27,28)/t14-/m0/s1. The Bertz CT molecular complexity index is 1240. The number of aryl methyl sites for hydroxylation is 2. The van der Waals surface area contributed by atoms with E-state index in [2.05, 4.69) is 31.8 Å². The summed E-state index contributed by atoms with van der Waals surface area (Å²) in [7, 11) is 0. The first-order chi connectivity index (χ1) is 15.6. The van der Waals surface area contributed by atoms with Crippen LogP contribution in [0.3, 0.4) is 0 Å². The molecule has 1 aromatic carbocycles. The fraction of sp³-hybridized carbons (Fsp3) is 0.190. The maximum Gasteiger partial charge on any atom is 0.331 e. The summed E-state index contributed by atoms with van der Waals surface area (Å²) in [4.78, 5) is 51.1. The Hall–Kier alpha value is -4.61. The average molecular weight is 451 g/mol. The number of nitrogens with two attached hydrogens (primary N) is 2. The number of nitrogens with zero attached hydrogens (tertiary/aromatic N) is 4. The molecule has 0 unspecified atom stereocenters. The van der Waals surface area contributed by atoms with Crippen LogP contribution in [0.1, 0.15) is 28.0 Å². The molecule has 0 aliphatic rings. The summed E-state index contributed by atoms with van der Waals surface area (Å²) in [6.07, 6.45) is 2.29. The highest BCUT2D eigenvalue weighted by Crippen LogP contribution is 2.16. The van der Waals surface area contributed by atoms with Gasteiger partial charge in [-0.3, -0.25) is 4.79 Å². The number of benzene rings is 1. The van der Waals surface area contributed by atoms with Crippen molar-refractivity contribution in [2.24, 2.45) is 0 Å². The molecule has 12 heteroatoms. The maximum absolute atomic E-state index is 12.4. The molecular formula is C21H21N7O5. The molecule has 12 nitrogen and oxygen atoms in total. The van der Waals surface area contributed by atoms with Crippen molar-refractivity contribution >= 4 is 40.8 Å². The largest absolute Gasteiger partial charge is 0.480 e. The average Bonchev–Trinajstić information content (AvgIpc) is 2.77. The van der Waals surface area contributed by atoms with Gasteiger partial charge in [0.25, 0.3) is 5.91 Å². The molecule has 0 saturated heterocycles. The van der Waals surface area contributed by atoms with Crippen LogP contribution in [-0.4, -0.2) is 54.0 Å². The number of anilines is 2. The second kappa shape index (κ2) is 9.68. The molecule has 3 aromatic rings. The van der Waals surface area contributed by atoms with Crippen molar-refractivity contribution in [2.75, 3.05) is 11.5 Å². The van der Waals surface area contributed by atoms with Crippen LogP contribution in [0, 0.1) is 0 Å². The molecule has 0 aliphatic heterocycles. The molecule has 0 saturated carbocycles. The Morgan fingerprint density at radius 1 is 1.03 bits per heavy atom. The molecular weight excluding hydrogens is 430 g/mol. The predicted molar refractivity (Wildman–Crippen MR) is 118 cm³/mol. The highest BCUT2D eigenvalue weighted by molar-refractivity contribution is 5.97. The quantitative estimate of drug-likeness (QED) is 0.284. The summed E-state index contributed by atoms with van der Waals surface area (Å²) >= 11 is 0. The van der Waals surface area contributed by atoms with Crippen LogP contribution in [0.2, 0.25) is 0 Å². The molecule has 1 atom stereocenters. The molecule has 2 aromatic heterocycles. The number of nitrogen functional groups attached to an aromatic ring is 2. The van der Waals surface area contributed by atoms with E-state index in [9.17, 15) is 19.5 Å². The highest BCUT2D eigenvalue weighted by atomic mass is 16.4. The number of carboxylic acid groups (broad SMARTS) is 2. The summed E-state index contributed by atoms with van der Waals surface area (Å²) in [5.41, 5.74) is 13.6. The number of aromatic nitrogens is 4. The van der Waals surface area contributed by atoms with Gasteiger partial charge in [0, 0.05) is 17.6 Å². The number of aliphatic carboxylic acids is 2. The van der Waals surface area contributed by atoms with Gasteiger partial charge in [-0.1, -0.05) is 18.7 Å². The van der Waals surface area contributed by atoms with Crippen molar-refractivity contribution in [3.8, 4) is 0 Å². The molecule has 0 bridgehead atoms. The summed E-state index contributed by atoms with van der Waals surface area (Å²) in [6, 6.07) is 5.16. The van der Waals surface area contributed by atoms with Gasteiger partial charge in [0.15, 0.2) is 17.0 Å². The Labute approximate surface area is 187 Å². The third kappa shape index (κ3) is 5.76. The summed E-state index contributed by atoms with van der Waals surface area (Å²) in [6.45, 7) is 3.30. The normalized spacial score (nSPS) is 11.6. The molecule has 2 heterocycles. The number of hydrogen-bond acceptors (Lipinski definition) is 9. The van der Waals surface area contributed by atoms with Gasteiger partial charge in [0.05, 0.1) is 11.9 Å². The third-order valence-electron chi connectivity index (χ3n) is 4.74. The number of carbonyl (C=O) groups excluding carboxylic acids is 1. The molecule has 3 rings (SSSR count). The van der Waals surface area contributed by atoms with Crippen molar-refractivity contribution < 1.29 is 24.6 Å². The van der Waals surface area contributed by atoms with Crippen molar-refractivity contribution in [3.63, 3.8) is 0 Å². The topological polar surface area (TPSA) is 207 Å². The highest BCUT2D eigenvalue weighted by Gasteiger charge is 2.23. The van der Waals surface area contributed by atoms with Gasteiger partial charge in [-0.25, -0.2) is 19.6 Å². The monoisotopic (exact) mass is 451 g/mol. The van der Waals surface area contributed by atoms with Crippen LogP contribution >= 0.6 is 0 Å². The zero-order valence-corrected chi connectivity index (χ0v) is 17.4. The Morgan fingerprint density at radius 2 is 1.73 bits per heavy atom. The van der Waals surface area contributed by atoms with E-state index < -0.39 is 30.3 Å². The van der Waals surface area contributed by atoms with Gasteiger partial charge in [-0.2, -0.15) is 9.97 Å². The second-order valence-electron chi connectivity index (χ2n) is 7.17. The number of nitrogens with one attached hydrogen (secondary N) is 1. The van der Waals surface area contributed by atoms with Crippen molar-refractivity contribution in [1.82, 2.24) is 25.3 Å². The van der Waals surface area contributed by atoms with Crippen LogP contribution in [0.15, 0.2) is 42.6 Å². The summed E-state index contributed by atoms with van der Waals surface area (Å²) in [5, 5.41) is 20.4. The number of amides is 1. The van der Waals surface area contributed by atoms with E-state index in [1.165, 1.54) is 0 Å². The Morgan fingerprint density at radius 3 is 2.36 bits per heavy atom. The first-order valence-corrected chi connectivity index (χ1v) is 9.72. The van der Waals surface area contributed by atoms with E-state index in [0.29, 0.717) is 29.7 Å². The van der Waals surface area contributed by atoms with Crippen LogP contribution < -0.4 is 16.8 Å². The predicted octanol–water partition coefficient (Wildman–Crippen LogP) is 0.583. The fourth-order valence-electron chi connectivity index (χ4n) is 2.97. The van der Waals surface area contributed by atoms with Gasteiger partial charge in [0.1, 0.15) is 6.04 Å². The first-order valence-electron chi connectivity index (χ1n) is 9.72. The lowest BCUT2D eigenvalue weighted by atomic mass is 10.0. The number of hydrogen-bond donors (Lipinski definition) is 5. The lowest BCUT2D eigenvalue weighted by Crippen LogP contribution is -2.41. The van der Waals surface area contributed by atoms with Gasteiger partial charge in [-0.05, 0) is 30.5 Å². The van der Waals surface area contributed by atoms with Crippen LogP contribution in [0.5, 0.6) is 0 Å². The van der Waals surface area contributed by atoms with Gasteiger partial charge >= 0.3 is 11.9 Å². The van der Waals surface area contributed by atoms with E-state index in [4.69, 9.17) is 16.6 Å². The SMILES string of the molecule is C=C(C[C@H](NC(=O)c1ccc(CCc2cnc3nc(N)nc(N)c3n2)cc1)C(=O)O)C(=O)O. The third-order valence-corrected chi connectivity index (χ3v) is 4.74. The lowest BCUT2D eigenvalue weighted by molar-refractivity contribution is -0.139. The second-order valence-corrected chi connectivity index (χ2v) is 7.17. The van der Waals surface area contributed by atoms with E-state index in [-0.39, 0.29) is 22.9 Å². The molecule has 0 aliphatic carbocycles. The van der Waals surface area contributed by atoms with E-state index in [0.717, 1.165) is 5.56 Å². The number of carbonyl (C=O) groups is 3. The van der Waals surface area contributed by atoms with Gasteiger partial charge in [0.2, 0.25) is 5.95 Å². The minimum Gasteiger partial charge on any atom is -0.480 e. The van der Waals surface area contributed by atoms with Gasteiger partial charge in [-0.15, -0.1) is 0 Å². The first kappa shape index (κ1) is 23.1. The van der Waals surface area contributed by atoms with Crippen LogP contribution in [0.4, 0.5) is 11.8 Å². The minimum absolute atomic E-state index is 0.0210. The lowest BCUT2D eigenvalue weighted by Gasteiger charge is -2.14. The van der Waals surface area contributed by atoms with E-state index in [1.54, 1.807) is 30.5 Å². The van der Waals surface area contributed by atoms with Crippen LogP contribution in [0.25, 0.3) is 11.2 Å². The zero-order valence-electron chi connectivity index (χ0n) is 17.4. The smallest absolute Gasteiger partial charge is 0.331 e. The molecule has 0 spiro atoms. The van der Waals surface area contributed by atoms with Crippen LogP contribution in [-0.2, 0) is 22.4 Å². The fourth-order valence-corrected chi connectivity index (χ4v) is 2.97. The Balaban J connectivity index is 1.63. The minimum atomic E-state index is -1.40. The molecule has 170 valence electrons. The number of rotatable bonds is 9. The molecule has 0 fully saturated rings. The molecule has 33 heavy (non-hydrogen) atoms. The summed E-state index contributed by atoms with van der Waals surface area (Å²) in [5.74, 6) is -3.15. The zero-order chi connectivity index (χ0) is 24.1. The van der Waals surface area contributed by atoms with Crippen molar-refractivity contribution in [2.45, 2.75) is 25.3 Å². The van der Waals surface area contributed by atoms with Crippen molar-refractivity contribution in [3.05, 3.63) is 59.4 Å². The van der Waals surface area contributed by atoms with Gasteiger partial charge < -0.3 is 27.0 Å². The number of fused-ring (bicyclic) bond motifs is 1. The van der Waals surface area contributed by atoms with Crippen molar-refractivity contribution in [1.29, 1.82) is 0 Å². The number of carboxylic acids is 2. The molecule has 7 N–H and O–H groups in total. The summed E-state index contributed by atoms with van der Waals surface area (Å²) < 4.78 is 0. The van der Waals surface area contributed by atoms with E-state index in [1.807, 2.05) is 0 Å². The molecule has 1 amide bonds.